The number of methoxy groups -OCH3 is 1. The number of aryl methyl sites for hydroxylation is 1. The molecule has 15 heavy (non-hydrogen) atoms. The van der Waals surface area contributed by atoms with E-state index in [2.05, 4.69) is 10.2 Å². The van der Waals surface area contributed by atoms with Gasteiger partial charge in [0.2, 0.25) is 0 Å². The van der Waals surface area contributed by atoms with E-state index in [1.807, 2.05) is 24.5 Å². The number of carbonyl (C=O) groups is 1. The summed E-state index contributed by atoms with van der Waals surface area (Å²) in [5.41, 5.74) is 1.17. The van der Waals surface area contributed by atoms with Gasteiger partial charge in [-0.3, -0.25) is 5.10 Å². The van der Waals surface area contributed by atoms with Crippen molar-refractivity contribution in [3.05, 3.63) is 35.8 Å². The summed E-state index contributed by atoms with van der Waals surface area (Å²) in [6.07, 6.45) is 3.64. The van der Waals surface area contributed by atoms with Crippen LogP contribution in [0.25, 0.3) is 5.82 Å². The van der Waals surface area contributed by atoms with Gasteiger partial charge in [-0.25, -0.2) is 4.79 Å². The minimum Gasteiger partial charge on any atom is -0.465 e. The Morgan fingerprint density at radius 2 is 2.13 bits per heavy atom. The molecule has 78 valence electrons. The lowest BCUT2D eigenvalue weighted by molar-refractivity contribution is 0.0600. The first-order valence-corrected chi connectivity index (χ1v) is 4.50. The summed E-state index contributed by atoms with van der Waals surface area (Å²) in [6, 6.07) is 3.73. The van der Waals surface area contributed by atoms with E-state index in [0.717, 1.165) is 0 Å². The molecule has 0 unspecified atom stereocenters. The number of nitrogens with zero attached hydrogens (tertiary/aromatic N) is 2. The van der Waals surface area contributed by atoms with Gasteiger partial charge in [0, 0.05) is 18.1 Å². The lowest BCUT2D eigenvalue weighted by atomic mass is 10.2. The number of nitrogens with one attached hydrogen (secondary N) is 1. The minimum absolute atomic E-state index is 0.384. The largest absolute Gasteiger partial charge is 0.465 e. The fraction of sp³-hybridized carbons (Fsp3) is 0.200. The van der Waals surface area contributed by atoms with Crippen molar-refractivity contribution in [2.24, 2.45) is 0 Å². The Bertz CT molecular complexity index is 471. The van der Waals surface area contributed by atoms with Crippen LogP contribution in [0.4, 0.5) is 0 Å². The third kappa shape index (κ3) is 1.52. The Kier molecular flexibility index (Phi) is 2.29. The molecule has 0 aliphatic heterocycles. The van der Waals surface area contributed by atoms with E-state index in [-0.39, 0.29) is 5.97 Å². The predicted molar refractivity (Wildman–Crippen MR) is 54.0 cm³/mol. The van der Waals surface area contributed by atoms with Crippen LogP contribution in [0.2, 0.25) is 0 Å². The topological polar surface area (TPSA) is 59.9 Å². The molecule has 0 radical (unpaired) electrons. The second-order valence-corrected chi connectivity index (χ2v) is 3.13. The van der Waals surface area contributed by atoms with E-state index < -0.39 is 0 Å². The van der Waals surface area contributed by atoms with Crippen LogP contribution in [0.15, 0.2) is 24.5 Å². The monoisotopic (exact) mass is 205 g/mol. The normalized spacial score (nSPS) is 10.3. The summed E-state index contributed by atoms with van der Waals surface area (Å²) in [4.78, 5) is 11.5. The van der Waals surface area contributed by atoms with Crippen LogP contribution in [0.3, 0.4) is 0 Å². The molecule has 2 aromatic rings. The molecule has 1 N–H and O–H groups in total. The smallest absolute Gasteiger partial charge is 0.343 e. The number of hydrogen-bond donors (Lipinski definition) is 1. The van der Waals surface area contributed by atoms with Crippen molar-refractivity contribution in [3.63, 3.8) is 0 Å². The van der Waals surface area contributed by atoms with Gasteiger partial charge >= 0.3 is 5.97 Å². The van der Waals surface area contributed by atoms with Crippen LogP contribution in [-0.2, 0) is 4.74 Å². The summed E-state index contributed by atoms with van der Waals surface area (Å²) in [5, 5.41) is 6.83. The summed E-state index contributed by atoms with van der Waals surface area (Å²) in [6.45, 7) is 1.78. The van der Waals surface area contributed by atoms with Crippen molar-refractivity contribution in [1.29, 1.82) is 0 Å². The molecule has 0 aliphatic carbocycles. The van der Waals surface area contributed by atoms with E-state index in [9.17, 15) is 4.79 Å². The molecule has 5 heteroatoms. The molecule has 2 heterocycles. The Hall–Kier alpha value is -2.04. The quantitative estimate of drug-likeness (QED) is 0.751. The molecule has 0 bridgehead atoms. The SMILES string of the molecule is COC(=O)c1c(-n2cccc2)n[nH]c1C. The van der Waals surface area contributed by atoms with E-state index in [4.69, 9.17) is 4.74 Å². The molecule has 0 spiro atoms. The van der Waals surface area contributed by atoms with Crippen molar-refractivity contribution in [2.45, 2.75) is 6.92 Å². The maximum atomic E-state index is 11.5. The lowest BCUT2D eigenvalue weighted by Crippen LogP contribution is -2.06. The summed E-state index contributed by atoms with van der Waals surface area (Å²) < 4.78 is 6.46. The van der Waals surface area contributed by atoms with Gasteiger partial charge in [0.1, 0.15) is 5.56 Å². The summed E-state index contributed by atoms with van der Waals surface area (Å²) in [7, 11) is 1.36. The zero-order valence-electron chi connectivity index (χ0n) is 8.52. The molecule has 0 aromatic carbocycles. The first-order chi connectivity index (χ1) is 7.24. The Labute approximate surface area is 86.7 Å². The minimum atomic E-state index is -0.384. The highest BCUT2D eigenvalue weighted by Gasteiger charge is 2.19. The molecule has 5 nitrogen and oxygen atoms in total. The van der Waals surface area contributed by atoms with Crippen LogP contribution < -0.4 is 0 Å². The highest BCUT2D eigenvalue weighted by molar-refractivity contribution is 5.93. The first-order valence-electron chi connectivity index (χ1n) is 4.50. The Morgan fingerprint density at radius 1 is 1.47 bits per heavy atom. The third-order valence-corrected chi connectivity index (χ3v) is 2.17. The molecule has 0 saturated heterocycles. The average Bonchev–Trinajstić information content (AvgIpc) is 2.85. The zero-order valence-corrected chi connectivity index (χ0v) is 8.52. The van der Waals surface area contributed by atoms with Crippen molar-refractivity contribution in [1.82, 2.24) is 14.8 Å². The van der Waals surface area contributed by atoms with Crippen LogP contribution in [0.1, 0.15) is 16.1 Å². The van der Waals surface area contributed by atoms with Crippen LogP contribution >= 0.6 is 0 Å². The van der Waals surface area contributed by atoms with Gasteiger partial charge < -0.3 is 9.30 Å². The van der Waals surface area contributed by atoms with E-state index in [1.165, 1.54) is 7.11 Å². The molecule has 0 saturated carbocycles. The summed E-state index contributed by atoms with van der Waals surface area (Å²) >= 11 is 0. The molecule has 0 atom stereocenters. The molecular formula is C10H11N3O2. The zero-order chi connectivity index (χ0) is 10.8. The van der Waals surface area contributed by atoms with Gasteiger partial charge in [-0.05, 0) is 19.1 Å². The van der Waals surface area contributed by atoms with Crippen molar-refractivity contribution >= 4 is 5.97 Å². The number of hydrogen-bond acceptors (Lipinski definition) is 3. The van der Waals surface area contributed by atoms with Gasteiger partial charge in [0.25, 0.3) is 0 Å². The Morgan fingerprint density at radius 3 is 2.73 bits per heavy atom. The number of H-pyrrole nitrogens is 1. The van der Waals surface area contributed by atoms with Gasteiger partial charge in [0.15, 0.2) is 5.82 Å². The lowest BCUT2D eigenvalue weighted by Gasteiger charge is -2.02. The molecule has 0 aliphatic rings. The Balaban J connectivity index is 2.54. The first kappa shape index (κ1) is 9.51. The van der Waals surface area contributed by atoms with Gasteiger partial charge in [-0.15, -0.1) is 0 Å². The van der Waals surface area contributed by atoms with Crippen molar-refractivity contribution in [3.8, 4) is 5.82 Å². The number of carbonyl (C=O) groups excluding carboxylic acids is 1. The number of rotatable bonds is 2. The standard InChI is InChI=1S/C10H11N3O2/c1-7-8(10(14)15-2)9(12-11-7)13-5-3-4-6-13/h3-6H,1-2H3,(H,11,12). The molecule has 0 fully saturated rings. The maximum absolute atomic E-state index is 11.5. The maximum Gasteiger partial charge on any atom is 0.343 e. The van der Waals surface area contributed by atoms with E-state index in [1.54, 1.807) is 11.5 Å². The second kappa shape index (κ2) is 3.61. The summed E-state index contributed by atoms with van der Waals surface area (Å²) in [5.74, 6) is 0.175. The number of aromatic nitrogens is 3. The van der Waals surface area contributed by atoms with E-state index >= 15 is 0 Å². The van der Waals surface area contributed by atoms with Crippen LogP contribution in [-0.4, -0.2) is 27.8 Å². The van der Waals surface area contributed by atoms with Crippen LogP contribution in [0.5, 0.6) is 0 Å². The van der Waals surface area contributed by atoms with Crippen molar-refractivity contribution in [2.75, 3.05) is 7.11 Å². The fourth-order valence-corrected chi connectivity index (χ4v) is 1.43. The molecule has 2 rings (SSSR count). The molecule has 0 amide bonds. The van der Waals surface area contributed by atoms with E-state index in [0.29, 0.717) is 17.1 Å². The highest BCUT2D eigenvalue weighted by atomic mass is 16.5. The predicted octanol–water partition coefficient (Wildman–Crippen LogP) is 1.30. The fourth-order valence-electron chi connectivity index (χ4n) is 1.43. The number of esters is 1. The third-order valence-electron chi connectivity index (χ3n) is 2.17. The molecule has 2 aromatic heterocycles. The average molecular weight is 205 g/mol. The van der Waals surface area contributed by atoms with Gasteiger partial charge in [-0.1, -0.05) is 0 Å². The van der Waals surface area contributed by atoms with Crippen molar-refractivity contribution < 1.29 is 9.53 Å². The molecular weight excluding hydrogens is 194 g/mol. The number of aromatic amines is 1. The second-order valence-electron chi connectivity index (χ2n) is 3.13. The highest BCUT2D eigenvalue weighted by Crippen LogP contribution is 2.16. The van der Waals surface area contributed by atoms with Crippen LogP contribution in [0, 0.1) is 6.92 Å². The van der Waals surface area contributed by atoms with Gasteiger partial charge in [0.05, 0.1) is 7.11 Å². The number of ether oxygens (including phenoxy) is 1. The van der Waals surface area contributed by atoms with Gasteiger partial charge in [-0.2, -0.15) is 5.10 Å².